The van der Waals surface area contributed by atoms with Gasteiger partial charge in [0.05, 0.1) is 6.04 Å². The molecule has 0 bridgehead atoms. The largest absolute Gasteiger partial charge is 0.427 e. The molecule has 1 saturated heterocycles. The standard InChI is InChI=1S/C19H21N3O2/c1-13(23)24-16-5-6-17-15(11-16)10-14-4-3-7-20-19(14)22-9-8-21(2)12-18(17)22/h3-7,11,18H,8-10,12H2,1-2H3. The first kappa shape index (κ1) is 15.1. The second-order valence-corrected chi connectivity index (χ2v) is 6.59. The van der Waals surface area contributed by atoms with Gasteiger partial charge in [-0.3, -0.25) is 4.79 Å². The smallest absolute Gasteiger partial charge is 0.308 e. The Morgan fingerprint density at radius 1 is 1.25 bits per heavy atom. The molecule has 5 heteroatoms. The number of likely N-dealkylation sites (N-methyl/N-ethyl adjacent to an activating group) is 1. The number of piperazine rings is 1. The number of benzene rings is 1. The van der Waals surface area contributed by atoms with Crippen LogP contribution >= 0.6 is 0 Å². The molecule has 2 aromatic rings. The lowest BCUT2D eigenvalue weighted by molar-refractivity contribution is -0.131. The van der Waals surface area contributed by atoms with Gasteiger partial charge in [-0.1, -0.05) is 12.1 Å². The Morgan fingerprint density at radius 3 is 2.96 bits per heavy atom. The summed E-state index contributed by atoms with van der Waals surface area (Å²) >= 11 is 0. The summed E-state index contributed by atoms with van der Waals surface area (Å²) in [6.07, 6.45) is 2.68. The molecular formula is C19H21N3O2. The molecule has 0 spiro atoms. The third-order valence-electron chi connectivity index (χ3n) is 4.84. The van der Waals surface area contributed by atoms with Gasteiger partial charge in [-0.2, -0.15) is 0 Å². The first-order chi connectivity index (χ1) is 11.6. The number of fused-ring (bicyclic) bond motifs is 5. The lowest BCUT2D eigenvalue weighted by Crippen LogP contribution is -2.47. The summed E-state index contributed by atoms with van der Waals surface area (Å²) in [5, 5.41) is 0. The van der Waals surface area contributed by atoms with E-state index in [-0.39, 0.29) is 12.0 Å². The van der Waals surface area contributed by atoms with Gasteiger partial charge in [-0.15, -0.1) is 0 Å². The van der Waals surface area contributed by atoms with Crippen LogP contribution in [0.3, 0.4) is 0 Å². The molecule has 1 aromatic heterocycles. The van der Waals surface area contributed by atoms with Crippen LogP contribution in [0.1, 0.15) is 29.7 Å². The van der Waals surface area contributed by atoms with Crippen LogP contribution in [0.5, 0.6) is 5.75 Å². The summed E-state index contributed by atoms with van der Waals surface area (Å²) in [6, 6.07) is 10.4. The van der Waals surface area contributed by atoms with Gasteiger partial charge in [-0.25, -0.2) is 4.98 Å². The highest BCUT2D eigenvalue weighted by molar-refractivity contribution is 5.69. The van der Waals surface area contributed by atoms with Crippen LogP contribution < -0.4 is 9.64 Å². The fourth-order valence-corrected chi connectivity index (χ4v) is 3.76. The number of rotatable bonds is 1. The maximum atomic E-state index is 11.3. The van der Waals surface area contributed by atoms with Gasteiger partial charge < -0.3 is 14.5 Å². The summed E-state index contributed by atoms with van der Waals surface area (Å²) in [6.45, 7) is 4.41. The molecule has 0 radical (unpaired) electrons. The van der Waals surface area contributed by atoms with E-state index >= 15 is 0 Å². The molecule has 1 atom stereocenters. The van der Waals surface area contributed by atoms with Crippen molar-refractivity contribution in [3.05, 3.63) is 53.2 Å². The second-order valence-electron chi connectivity index (χ2n) is 6.59. The predicted molar refractivity (Wildman–Crippen MR) is 92.4 cm³/mol. The molecule has 3 heterocycles. The predicted octanol–water partition coefficient (Wildman–Crippen LogP) is 2.40. The molecular weight excluding hydrogens is 302 g/mol. The lowest BCUT2D eigenvalue weighted by Gasteiger charge is -2.41. The minimum Gasteiger partial charge on any atom is -0.427 e. The van der Waals surface area contributed by atoms with E-state index in [1.54, 1.807) is 0 Å². The average molecular weight is 323 g/mol. The minimum absolute atomic E-state index is 0.279. The van der Waals surface area contributed by atoms with Crippen LogP contribution in [0.15, 0.2) is 36.5 Å². The molecule has 1 unspecified atom stereocenters. The summed E-state index contributed by atoms with van der Waals surface area (Å²) in [5.74, 6) is 1.41. The zero-order chi connectivity index (χ0) is 16.7. The highest BCUT2D eigenvalue weighted by Gasteiger charge is 2.33. The molecule has 24 heavy (non-hydrogen) atoms. The number of carbonyl (C=O) groups excluding carboxylic acids is 1. The molecule has 124 valence electrons. The first-order valence-electron chi connectivity index (χ1n) is 8.32. The maximum absolute atomic E-state index is 11.3. The Hall–Kier alpha value is -2.40. The number of aromatic nitrogens is 1. The number of carbonyl (C=O) groups is 1. The van der Waals surface area contributed by atoms with Crippen molar-refractivity contribution in [3.8, 4) is 5.75 Å². The second kappa shape index (κ2) is 5.91. The minimum atomic E-state index is -0.287. The van der Waals surface area contributed by atoms with Gasteiger partial charge in [0, 0.05) is 39.2 Å². The van der Waals surface area contributed by atoms with Gasteiger partial charge in [0.1, 0.15) is 11.6 Å². The topological polar surface area (TPSA) is 45.7 Å². The zero-order valence-electron chi connectivity index (χ0n) is 14.0. The van der Waals surface area contributed by atoms with E-state index in [1.807, 2.05) is 24.4 Å². The first-order valence-corrected chi connectivity index (χ1v) is 8.32. The number of pyridine rings is 1. The van der Waals surface area contributed by atoms with Gasteiger partial charge in [-0.05, 0) is 41.9 Å². The number of anilines is 1. The van der Waals surface area contributed by atoms with Crippen LogP contribution in [0.4, 0.5) is 5.82 Å². The van der Waals surface area contributed by atoms with E-state index in [4.69, 9.17) is 4.74 Å². The maximum Gasteiger partial charge on any atom is 0.308 e. The molecule has 2 aliphatic heterocycles. The monoisotopic (exact) mass is 323 g/mol. The highest BCUT2D eigenvalue weighted by atomic mass is 16.5. The van der Waals surface area contributed by atoms with Crippen LogP contribution in [0.2, 0.25) is 0 Å². The Morgan fingerprint density at radius 2 is 2.12 bits per heavy atom. The van der Waals surface area contributed by atoms with Crippen LogP contribution in [-0.4, -0.2) is 42.5 Å². The van der Waals surface area contributed by atoms with Gasteiger partial charge in [0.2, 0.25) is 0 Å². The Bertz CT molecular complexity index is 790. The van der Waals surface area contributed by atoms with E-state index in [0.717, 1.165) is 31.9 Å². The molecule has 4 rings (SSSR count). The van der Waals surface area contributed by atoms with E-state index in [2.05, 4.69) is 34.0 Å². The molecule has 1 aromatic carbocycles. The van der Waals surface area contributed by atoms with E-state index in [9.17, 15) is 4.79 Å². The molecule has 0 N–H and O–H groups in total. The van der Waals surface area contributed by atoms with Crippen LogP contribution in [0, 0.1) is 0 Å². The molecule has 0 aliphatic carbocycles. The number of hydrogen-bond donors (Lipinski definition) is 0. The van der Waals surface area contributed by atoms with Crippen molar-refractivity contribution in [2.75, 3.05) is 31.6 Å². The average Bonchev–Trinajstić information content (AvgIpc) is 2.68. The van der Waals surface area contributed by atoms with Crippen molar-refractivity contribution in [2.24, 2.45) is 0 Å². The SMILES string of the molecule is CC(=O)Oc1ccc2c(c1)Cc1cccnc1N1CCN(C)CC21. The van der Waals surface area contributed by atoms with Crippen LogP contribution in [-0.2, 0) is 11.2 Å². The number of hydrogen-bond acceptors (Lipinski definition) is 5. The highest BCUT2D eigenvalue weighted by Crippen LogP contribution is 2.38. The van der Waals surface area contributed by atoms with Gasteiger partial charge in [0.15, 0.2) is 0 Å². The number of ether oxygens (including phenoxy) is 1. The Balaban J connectivity index is 1.83. The Kier molecular flexibility index (Phi) is 3.73. The molecule has 5 nitrogen and oxygen atoms in total. The number of nitrogens with zero attached hydrogens (tertiary/aromatic N) is 3. The van der Waals surface area contributed by atoms with E-state index < -0.39 is 0 Å². The van der Waals surface area contributed by atoms with Crippen molar-refractivity contribution in [1.29, 1.82) is 0 Å². The van der Waals surface area contributed by atoms with Crippen LogP contribution in [0.25, 0.3) is 0 Å². The summed E-state index contributed by atoms with van der Waals surface area (Å²) in [7, 11) is 2.16. The van der Waals surface area contributed by atoms with E-state index in [0.29, 0.717) is 5.75 Å². The summed E-state index contributed by atoms with van der Waals surface area (Å²) in [5.41, 5.74) is 3.74. The van der Waals surface area contributed by atoms with Crippen molar-refractivity contribution < 1.29 is 9.53 Å². The molecule has 0 saturated carbocycles. The van der Waals surface area contributed by atoms with Gasteiger partial charge in [0.25, 0.3) is 0 Å². The fraction of sp³-hybridized carbons (Fsp3) is 0.368. The third-order valence-corrected chi connectivity index (χ3v) is 4.84. The van der Waals surface area contributed by atoms with Crippen molar-refractivity contribution in [3.63, 3.8) is 0 Å². The molecule has 2 aliphatic rings. The summed E-state index contributed by atoms with van der Waals surface area (Å²) in [4.78, 5) is 20.7. The summed E-state index contributed by atoms with van der Waals surface area (Å²) < 4.78 is 5.29. The van der Waals surface area contributed by atoms with E-state index in [1.165, 1.54) is 23.6 Å². The quantitative estimate of drug-likeness (QED) is 0.596. The lowest BCUT2D eigenvalue weighted by atomic mass is 9.96. The Labute approximate surface area is 141 Å². The fourth-order valence-electron chi connectivity index (χ4n) is 3.76. The molecule has 1 fully saturated rings. The van der Waals surface area contributed by atoms with Crippen molar-refractivity contribution in [1.82, 2.24) is 9.88 Å². The number of esters is 1. The third kappa shape index (κ3) is 2.65. The molecule has 0 amide bonds. The normalized spacial score (nSPS) is 19.8. The zero-order valence-corrected chi connectivity index (χ0v) is 14.0. The van der Waals surface area contributed by atoms with Crippen molar-refractivity contribution >= 4 is 11.8 Å². The van der Waals surface area contributed by atoms with Gasteiger partial charge >= 0.3 is 5.97 Å². The van der Waals surface area contributed by atoms with Crippen molar-refractivity contribution in [2.45, 2.75) is 19.4 Å².